The van der Waals surface area contributed by atoms with Crippen molar-refractivity contribution in [2.75, 3.05) is 5.75 Å². The molecule has 1 N–H and O–H groups in total. The fraction of sp³-hybridized carbons (Fsp3) is 0.778. The first-order valence-corrected chi connectivity index (χ1v) is 9.93. The van der Waals surface area contributed by atoms with Crippen molar-refractivity contribution in [2.24, 2.45) is 11.8 Å². The highest BCUT2D eigenvalue weighted by atomic mass is 32.2. The number of hydrogen-bond acceptors (Lipinski definition) is 6. The highest BCUT2D eigenvalue weighted by Gasteiger charge is 2.45. The molecule has 3 aliphatic rings. The number of cyclic esters (lactones) is 1. The minimum Gasteiger partial charge on any atom is -0.463 e. The maximum atomic E-state index is 12.2. The molecule has 2 heterocycles. The maximum absolute atomic E-state index is 12.2. The van der Waals surface area contributed by atoms with Gasteiger partial charge in [-0.15, -0.1) is 11.8 Å². The summed E-state index contributed by atoms with van der Waals surface area (Å²) in [5.74, 6) is 0.110. The van der Waals surface area contributed by atoms with E-state index in [2.05, 4.69) is 12.2 Å². The van der Waals surface area contributed by atoms with Crippen LogP contribution in [0.15, 0.2) is 12.2 Å². The molecule has 0 aromatic rings. The molecule has 0 spiro atoms. The van der Waals surface area contributed by atoms with Crippen LogP contribution in [0, 0.1) is 11.8 Å². The first-order valence-electron chi connectivity index (χ1n) is 8.88. The van der Waals surface area contributed by atoms with Gasteiger partial charge in [-0.25, -0.2) is 0 Å². The van der Waals surface area contributed by atoms with Gasteiger partial charge >= 0.3 is 11.9 Å². The molecular formula is C18H26O5S. The zero-order valence-electron chi connectivity index (χ0n) is 14.1. The molecule has 3 rings (SSSR count). The summed E-state index contributed by atoms with van der Waals surface area (Å²) in [6, 6.07) is 0. The average Bonchev–Trinajstić information content (AvgIpc) is 2.88. The third-order valence-electron chi connectivity index (χ3n) is 5.17. The summed E-state index contributed by atoms with van der Waals surface area (Å²) >= 11 is 1.49. The Morgan fingerprint density at radius 1 is 1.21 bits per heavy atom. The number of esters is 2. The van der Waals surface area contributed by atoms with Crippen molar-refractivity contribution in [3.05, 3.63) is 12.2 Å². The molecular weight excluding hydrogens is 328 g/mol. The van der Waals surface area contributed by atoms with E-state index >= 15 is 0 Å². The second-order valence-corrected chi connectivity index (χ2v) is 8.35. The van der Waals surface area contributed by atoms with Crippen molar-refractivity contribution in [2.45, 2.75) is 69.0 Å². The summed E-state index contributed by atoms with van der Waals surface area (Å²) in [4.78, 5) is 24.1. The number of aliphatic hydroxyl groups excluding tert-OH is 1. The molecule has 1 saturated carbocycles. The van der Waals surface area contributed by atoms with Crippen LogP contribution in [0.4, 0.5) is 0 Å². The van der Waals surface area contributed by atoms with E-state index in [1.54, 1.807) is 0 Å². The van der Waals surface area contributed by atoms with E-state index in [0.717, 1.165) is 19.3 Å². The van der Waals surface area contributed by atoms with Gasteiger partial charge in [0.05, 0.1) is 29.6 Å². The Labute approximate surface area is 147 Å². The quantitative estimate of drug-likeness (QED) is 0.532. The van der Waals surface area contributed by atoms with Crippen LogP contribution >= 0.6 is 11.8 Å². The molecule has 6 atom stereocenters. The lowest BCUT2D eigenvalue weighted by Crippen LogP contribution is -2.43. The lowest BCUT2D eigenvalue weighted by molar-refractivity contribution is -0.155. The van der Waals surface area contributed by atoms with Gasteiger partial charge in [0.2, 0.25) is 0 Å². The predicted molar refractivity (Wildman–Crippen MR) is 91.5 cm³/mol. The predicted octanol–water partition coefficient (Wildman–Crippen LogP) is 2.46. The van der Waals surface area contributed by atoms with Crippen LogP contribution in [-0.2, 0) is 19.1 Å². The fourth-order valence-electron chi connectivity index (χ4n) is 4.03. The van der Waals surface area contributed by atoms with Crippen molar-refractivity contribution < 1.29 is 24.2 Å². The van der Waals surface area contributed by atoms with Gasteiger partial charge in [-0.05, 0) is 44.9 Å². The average molecular weight is 354 g/mol. The van der Waals surface area contributed by atoms with Crippen LogP contribution in [0.1, 0.15) is 45.4 Å². The Kier molecular flexibility index (Phi) is 5.87. The van der Waals surface area contributed by atoms with Gasteiger partial charge in [-0.2, -0.15) is 0 Å². The van der Waals surface area contributed by atoms with Crippen LogP contribution in [0.25, 0.3) is 0 Å². The second-order valence-electron chi connectivity index (χ2n) is 7.12. The SMILES string of the molecule is C[C@H]1CCC/C=C/[C@@H]2C[C@H](O)C[C@H]2[C@@H]2OC(=O)CS[C@@H]2CC(=O)O1. The molecule has 1 aliphatic carbocycles. The summed E-state index contributed by atoms with van der Waals surface area (Å²) < 4.78 is 11.2. The van der Waals surface area contributed by atoms with Crippen LogP contribution in [0.3, 0.4) is 0 Å². The first kappa shape index (κ1) is 17.8. The molecule has 0 aromatic heterocycles. The second kappa shape index (κ2) is 7.91. The van der Waals surface area contributed by atoms with Crippen LogP contribution < -0.4 is 0 Å². The molecule has 0 bridgehead atoms. The summed E-state index contributed by atoms with van der Waals surface area (Å²) in [7, 11) is 0. The minimum absolute atomic E-state index is 0.0731. The van der Waals surface area contributed by atoms with E-state index in [1.807, 2.05) is 6.92 Å². The molecule has 2 aliphatic heterocycles. The lowest BCUT2D eigenvalue weighted by Gasteiger charge is -2.36. The molecule has 0 unspecified atom stereocenters. The molecule has 2 fully saturated rings. The smallest absolute Gasteiger partial charge is 0.316 e. The van der Waals surface area contributed by atoms with Crippen LogP contribution in [-0.4, -0.2) is 46.4 Å². The third-order valence-corrected chi connectivity index (χ3v) is 6.44. The number of allylic oxidation sites excluding steroid dienone is 2. The third kappa shape index (κ3) is 4.33. The van der Waals surface area contributed by atoms with Gasteiger partial charge in [0.25, 0.3) is 0 Å². The van der Waals surface area contributed by atoms with Crippen LogP contribution in [0.5, 0.6) is 0 Å². The molecule has 0 radical (unpaired) electrons. The summed E-state index contributed by atoms with van der Waals surface area (Å²) in [6.45, 7) is 1.93. The number of aliphatic hydroxyl groups is 1. The standard InChI is InChI=1S/C18H26O5S/c1-11-5-3-2-4-6-12-7-13(19)8-14(12)18-15(9-16(20)22-11)24-10-17(21)23-18/h4,6,11-15,18-19H,2-3,5,7-10H2,1H3/b6-4+/t11-,12+,13-,14+,15+,18-/m0/s1. The molecule has 5 nitrogen and oxygen atoms in total. The number of carbonyl (C=O) groups is 2. The maximum Gasteiger partial charge on any atom is 0.316 e. The summed E-state index contributed by atoms with van der Waals surface area (Å²) in [5.41, 5.74) is 0. The Morgan fingerprint density at radius 2 is 2.04 bits per heavy atom. The highest BCUT2D eigenvalue weighted by Crippen LogP contribution is 2.42. The Balaban J connectivity index is 1.83. The highest BCUT2D eigenvalue weighted by molar-refractivity contribution is 8.00. The Hall–Kier alpha value is -1.01. The van der Waals surface area contributed by atoms with E-state index in [1.165, 1.54) is 11.8 Å². The van der Waals surface area contributed by atoms with E-state index in [-0.39, 0.29) is 59.5 Å². The summed E-state index contributed by atoms with van der Waals surface area (Å²) in [5, 5.41) is 10.0. The topological polar surface area (TPSA) is 72.8 Å². The van der Waals surface area contributed by atoms with E-state index in [4.69, 9.17) is 9.47 Å². The Bertz CT molecular complexity index is 506. The number of rotatable bonds is 0. The van der Waals surface area contributed by atoms with Crippen molar-refractivity contribution in [3.8, 4) is 0 Å². The van der Waals surface area contributed by atoms with Crippen molar-refractivity contribution >= 4 is 23.7 Å². The van der Waals surface area contributed by atoms with Gasteiger partial charge in [0.1, 0.15) is 6.10 Å². The zero-order chi connectivity index (χ0) is 17.1. The Morgan fingerprint density at radius 3 is 2.88 bits per heavy atom. The van der Waals surface area contributed by atoms with Gasteiger partial charge in [-0.3, -0.25) is 9.59 Å². The molecule has 134 valence electrons. The summed E-state index contributed by atoms with van der Waals surface area (Å²) in [6.07, 6.45) is 7.91. The molecule has 0 amide bonds. The number of carbonyl (C=O) groups excluding carboxylic acids is 2. The fourth-order valence-corrected chi connectivity index (χ4v) is 5.15. The van der Waals surface area contributed by atoms with Gasteiger partial charge in [0, 0.05) is 5.92 Å². The number of thioether (sulfide) groups is 1. The van der Waals surface area contributed by atoms with E-state index in [9.17, 15) is 14.7 Å². The van der Waals surface area contributed by atoms with E-state index < -0.39 is 0 Å². The molecule has 0 aromatic carbocycles. The normalized spacial score (nSPS) is 42.4. The van der Waals surface area contributed by atoms with Gasteiger partial charge in [-0.1, -0.05) is 12.2 Å². The van der Waals surface area contributed by atoms with Crippen LogP contribution in [0.2, 0.25) is 0 Å². The van der Waals surface area contributed by atoms with E-state index in [0.29, 0.717) is 12.8 Å². The largest absolute Gasteiger partial charge is 0.463 e. The zero-order valence-corrected chi connectivity index (χ0v) is 14.9. The number of hydrogen-bond donors (Lipinski definition) is 1. The van der Waals surface area contributed by atoms with Gasteiger partial charge < -0.3 is 14.6 Å². The van der Waals surface area contributed by atoms with Gasteiger partial charge in [0.15, 0.2) is 0 Å². The van der Waals surface area contributed by atoms with Crippen molar-refractivity contribution in [1.82, 2.24) is 0 Å². The minimum atomic E-state index is -0.365. The monoisotopic (exact) mass is 354 g/mol. The molecule has 24 heavy (non-hydrogen) atoms. The molecule has 1 saturated heterocycles. The first-order chi connectivity index (χ1) is 11.5. The molecule has 6 heteroatoms. The number of fused-ring (bicyclic) bond motifs is 3. The number of ether oxygens (including phenoxy) is 2. The van der Waals surface area contributed by atoms with Crippen molar-refractivity contribution in [3.63, 3.8) is 0 Å². The lowest BCUT2D eigenvalue weighted by atomic mass is 9.87. The van der Waals surface area contributed by atoms with Crippen molar-refractivity contribution in [1.29, 1.82) is 0 Å².